The lowest BCUT2D eigenvalue weighted by Crippen LogP contribution is -2.30. The van der Waals surface area contributed by atoms with Crippen molar-refractivity contribution in [3.8, 4) is 44.6 Å². The van der Waals surface area contributed by atoms with Crippen LogP contribution in [-0.2, 0) is 5.41 Å². The monoisotopic (exact) mass is 716 g/mol. The lowest BCUT2D eigenvalue weighted by atomic mass is 9.65. The Bertz CT molecular complexity index is 2140. The van der Waals surface area contributed by atoms with Crippen LogP contribution < -0.4 is 0 Å². The molecule has 0 bridgehead atoms. The average Bonchev–Trinajstić information content (AvgIpc) is 3.98. The van der Waals surface area contributed by atoms with Crippen LogP contribution in [0.5, 0.6) is 0 Å². The first-order valence-electron chi connectivity index (χ1n) is 19.1. The summed E-state index contributed by atoms with van der Waals surface area (Å²) in [5.74, 6) is 2.20. The van der Waals surface area contributed by atoms with Gasteiger partial charge in [-0.2, -0.15) is 0 Å². The van der Waals surface area contributed by atoms with Gasteiger partial charge in [0.15, 0.2) is 11.6 Å². The highest BCUT2D eigenvalue weighted by Crippen LogP contribution is 2.46. The molecule has 1 unspecified atom stereocenters. The molecule has 2 aliphatic carbocycles. The molecule has 3 aliphatic rings. The molecule has 0 spiro atoms. The number of nitrogens with zero attached hydrogens (tertiary/aromatic N) is 4. The molecule has 52 heavy (non-hydrogen) atoms. The van der Waals surface area contributed by atoms with Crippen LogP contribution in [0.25, 0.3) is 44.6 Å². The van der Waals surface area contributed by atoms with Gasteiger partial charge in [-0.3, -0.25) is 0 Å². The fourth-order valence-electron chi connectivity index (χ4n) is 8.62. The Hall–Kier alpha value is -4.39. The van der Waals surface area contributed by atoms with Crippen molar-refractivity contribution in [2.45, 2.75) is 87.2 Å². The number of benzene rings is 3. The molecule has 260 valence electrons. The van der Waals surface area contributed by atoms with Crippen LogP contribution in [0.1, 0.15) is 104 Å². The van der Waals surface area contributed by atoms with Crippen molar-refractivity contribution in [1.82, 2.24) is 19.9 Å². The van der Waals surface area contributed by atoms with Gasteiger partial charge in [0.2, 0.25) is 0 Å². The fraction of sp³-hybridized carbons (Fsp3) is 0.304. The SMILES string of the molecule is C1=CSC(c2cc(C3CCCCC3)nc(-c3ccc(C4(c5ccc(-c6nc(-c7ccccc7)cc(-c7cccs7)n6)cc5)CCCCC4)cc3)n2)C1. The van der Waals surface area contributed by atoms with Gasteiger partial charge in [-0.25, -0.2) is 19.9 Å². The Morgan fingerprint density at radius 3 is 1.87 bits per heavy atom. The topological polar surface area (TPSA) is 51.6 Å². The van der Waals surface area contributed by atoms with Crippen molar-refractivity contribution in [2.75, 3.05) is 0 Å². The maximum Gasteiger partial charge on any atom is 0.160 e. The van der Waals surface area contributed by atoms with Crippen molar-refractivity contribution in [1.29, 1.82) is 0 Å². The smallest absolute Gasteiger partial charge is 0.160 e. The van der Waals surface area contributed by atoms with Crippen molar-refractivity contribution in [2.24, 2.45) is 0 Å². The van der Waals surface area contributed by atoms with E-state index in [9.17, 15) is 0 Å². The first-order chi connectivity index (χ1) is 25.7. The summed E-state index contributed by atoms with van der Waals surface area (Å²) in [6.45, 7) is 0. The number of hydrogen-bond acceptors (Lipinski definition) is 6. The summed E-state index contributed by atoms with van der Waals surface area (Å²) >= 11 is 3.61. The molecule has 4 nitrogen and oxygen atoms in total. The zero-order chi connectivity index (χ0) is 34.7. The zero-order valence-electron chi connectivity index (χ0n) is 29.6. The predicted octanol–water partition coefficient (Wildman–Crippen LogP) is 13.0. The van der Waals surface area contributed by atoms with Crippen LogP contribution >= 0.6 is 23.1 Å². The minimum Gasteiger partial charge on any atom is -0.233 e. The second-order valence-electron chi connectivity index (χ2n) is 14.7. The molecular weight excluding hydrogens is 673 g/mol. The quantitative estimate of drug-likeness (QED) is 0.157. The van der Waals surface area contributed by atoms with E-state index in [1.807, 2.05) is 17.8 Å². The van der Waals surface area contributed by atoms with Gasteiger partial charge in [-0.05, 0) is 72.2 Å². The van der Waals surface area contributed by atoms with Crippen LogP contribution in [0.15, 0.2) is 120 Å². The van der Waals surface area contributed by atoms with Crippen LogP contribution in [0, 0.1) is 0 Å². The molecule has 6 aromatic rings. The number of thiophene rings is 1. The van der Waals surface area contributed by atoms with Crippen LogP contribution in [-0.4, -0.2) is 19.9 Å². The number of allylic oxidation sites excluding steroid dienone is 1. The Labute approximate surface area is 315 Å². The van der Waals surface area contributed by atoms with E-state index in [1.165, 1.54) is 73.9 Å². The number of aromatic nitrogens is 4. The molecule has 0 amide bonds. The third kappa shape index (κ3) is 6.79. The third-order valence-corrected chi connectivity index (χ3v) is 13.5. The van der Waals surface area contributed by atoms with Crippen molar-refractivity contribution >= 4 is 23.1 Å². The van der Waals surface area contributed by atoms with E-state index in [1.54, 1.807) is 11.3 Å². The predicted molar refractivity (Wildman–Crippen MR) is 217 cm³/mol. The molecule has 1 aliphatic heterocycles. The Morgan fingerprint density at radius 2 is 1.21 bits per heavy atom. The summed E-state index contributed by atoms with van der Waals surface area (Å²) in [7, 11) is 0. The highest BCUT2D eigenvalue weighted by atomic mass is 32.2. The summed E-state index contributed by atoms with van der Waals surface area (Å²) in [5.41, 5.74) is 10.4. The van der Waals surface area contributed by atoms with Gasteiger partial charge in [-0.15, -0.1) is 23.1 Å². The second kappa shape index (κ2) is 14.9. The van der Waals surface area contributed by atoms with Gasteiger partial charge in [-0.1, -0.05) is 130 Å². The zero-order valence-corrected chi connectivity index (χ0v) is 31.2. The molecule has 0 saturated heterocycles. The molecule has 0 radical (unpaired) electrons. The molecule has 1 atom stereocenters. The van der Waals surface area contributed by atoms with Crippen molar-refractivity contribution in [3.05, 3.63) is 143 Å². The van der Waals surface area contributed by atoms with E-state index in [0.717, 1.165) is 63.9 Å². The van der Waals surface area contributed by atoms with Crippen LogP contribution in [0.4, 0.5) is 0 Å². The first kappa shape index (κ1) is 33.4. The van der Waals surface area contributed by atoms with E-state index < -0.39 is 0 Å². The molecule has 0 N–H and O–H groups in total. The molecule has 3 aromatic carbocycles. The Kier molecular flexibility index (Phi) is 9.60. The van der Waals surface area contributed by atoms with E-state index in [2.05, 4.69) is 114 Å². The van der Waals surface area contributed by atoms with Gasteiger partial charge in [0.25, 0.3) is 0 Å². The standard InChI is InChI=1S/C46H44N4S2/c1-4-12-32(13-5-1)38-30-40(42-16-10-28-51-42)49-44(47-38)34-18-22-36(23-19-34)46(26-8-3-9-27-46)37-24-20-35(21-25-37)45-48-39(33-14-6-2-7-15-33)31-41(50-45)43-17-11-29-52-43/h1,4-5,10-13,16,18-25,28-31,33,43H,2-3,6-9,14-15,17,26-27H2. The van der Waals surface area contributed by atoms with Crippen LogP contribution in [0.3, 0.4) is 0 Å². The van der Waals surface area contributed by atoms with Crippen molar-refractivity contribution < 1.29 is 0 Å². The maximum absolute atomic E-state index is 5.25. The minimum atomic E-state index is -0.0215. The van der Waals surface area contributed by atoms with E-state index in [-0.39, 0.29) is 5.41 Å². The summed E-state index contributed by atoms with van der Waals surface area (Å²) in [4.78, 5) is 21.8. The lowest BCUT2D eigenvalue weighted by Gasteiger charge is -2.39. The highest BCUT2D eigenvalue weighted by Gasteiger charge is 2.36. The fourth-order valence-corrected chi connectivity index (χ4v) is 10.2. The molecule has 6 heteroatoms. The number of hydrogen-bond donors (Lipinski definition) is 0. The summed E-state index contributed by atoms with van der Waals surface area (Å²) in [6, 6.07) is 37.6. The summed E-state index contributed by atoms with van der Waals surface area (Å²) in [6.07, 6.45) is 15.8. The van der Waals surface area contributed by atoms with Gasteiger partial charge >= 0.3 is 0 Å². The summed E-state index contributed by atoms with van der Waals surface area (Å²) < 4.78 is 0. The lowest BCUT2D eigenvalue weighted by molar-refractivity contribution is 0.346. The average molecular weight is 717 g/mol. The molecule has 4 heterocycles. The molecule has 2 saturated carbocycles. The minimum absolute atomic E-state index is 0.0215. The van der Waals surface area contributed by atoms with E-state index in [0.29, 0.717) is 11.2 Å². The molecule has 3 aromatic heterocycles. The largest absolute Gasteiger partial charge is 0.233 e. The van der Waals surface area contributed by atoms with Gasteiger partial charge in [0.05, 0.1) is 27.2 Å². The van der Waals surface area contributed by atoms with E-state index >= 15 is 0 Å². The summed E-state index contributed by atoms with van der Waals surface area (Å²) in [5, 5.41) is 4.73. The van der Waals surface area contributed by atoms with Crippen molar-refractivity contribution in [3.63, 3.8) is 0 Å². The number of thioether (sulfide) groups is 1. The van der Waals surface area contributed by atoms with Gasteiger partial charge in [0, 0.05) is 33.7 Å². The maximum atomic E-state index is 5.25. The second-order valence-corrected chi connectivity index (χ2v) is 16.8. The molecule has 9 rings (SSSR count). The third-order valence-electron chi connectivity index (χ3n) is 11.5. The Balaban J connectivity index is 1.04. The first-order valence-corrected chi connectivity index (χ1v) is 20.9. The highest BCUT2D eigenvalue weighted by molar-refractivity contribution is 8.02. The van der Waals surface area contributed by atoms with Gasteiger partial charge in [0.1, 0.15) is 0 Å². The Morgan fingerprint density at radius 1 is 0.558 bits per heavy atom. The van der Waals surface area contributed by atoms with Crippen LogP contribution in [0.2, 0.25) is 0 Å². The number of rotatable bonds is 8. The normalized spacial score (nSPS) is 18.8. The van der Waals surface area contributed by atoms with E-state index in [4.69, 9.17) is 19.9 Å². The van der Waals surface area contributed by atoms with Gasteiger partial charge < -0.3 is 0 Å². The molecular formula is C46H44N4S2. The molecule has 2 fully saturated rings.